The topological polar surface area (TPSA) is 49.3 Å². The Bertz CT molecular complexity index is 228. The van der Waals surface area contributed by atoms with Crippen molar-refractivity contribution in [3.05, 3.63) is 0 Å². The molecule has 0 aromatic rings. The van der Waals surface area contributed by atoms with Crippen LogP contribution in [0.3, 0.4) is 0 Å². The van der Waals surface area contributed by atoms with Gasteiger partial charge in [-0.2, -0.15) is 0 Å². The number of hydrogen-bond donors (Lipinski definition) is 2. The van der Waals surface area contributed by atoms with E-state index in [1.54, 1.807) is 0 Å². The second-order valence-corrected chi connectivity index (χ2v) is 5.61. The summed E-state index contributed by atoms with van der Waals surface area (Å²) in [4.78, 5) is 11.0. The van der Waals surface area contributed by atoms with Gasteiger partial charge in [0.25, 0.3) is 0 Å². The summed E-state index contributed by atoms with van der Waals surface area (Å²) in [6.07, 6.45) is 5.13. The highest BCUT2D eigenvalue weighted by molar-refractivity contribution is 5.73. The van der Waals surface area contributed by atoms with Crippen LogP contribution in [0.25, 0.3) is 0 Å². The fourth-order valence-corrected chi connectivity index (χ4v) is 2.65. The molecule has 1 aliphatic rings. The predicted molar refractivity (Wildman–Crippen MR) is 65.4 cm³/mol. The van der Waals surface area contributed by atoms with Crippen molar-refractivity contribution in [3.8, 4) is 0 Å². The van der Waals surface area contributed by atoms with Gasteiger partial charge in [0, 0.05) is 0 Å². The number of carbonyl (C=O) groups is 1. The van der Waals surface area contributed by atoms with Crippen molar-refractivity contribution in [1.29, 1.82) is 0 Å². The van der Waals surface area contributed by atoms with Crippen molar-refractivity contribution in [1.82, 2.24) is 5.32 Å². The van der Waals surface area contributed by atoms with Crippen LogP contribution >= 0.6 is 0 Å². The number of aliphatic carboxylic acids is 1. The molecular weight excluding hydrogens is 202 g/mol. The lowest BCUT2D eigenvalue weighted by Crippen LogP contribution is -2.43. The fourth-order valence-electron chi connectivity index (χ4n) is 2.65. The number of carboxylic acid groups (broad SMARTS) is 1. The molecule has 0 heterocycles. The maximum atomic E-state index is 11.0. The van der Waals surface area contributed by atoms with Crippen LogP contribution in [0.1, 0.15) is 46.5 Å². The van der Waals surface area contributed by atoms with Crippen LogP contribution in [0.15, 0.2) is 0 Å². The number of carboxylic acids is 1. The summed E-state index contributed by atoms with van der Waals surface area (Å²) in [5.74, 6) is 0.907. The van der Waals surface area contributed by atoms with E-state index >= 15 is 0 Å². The second-order valence-electron chi connectivity index (χ2n) is 5.61. The van der Waals surface area contributed by atoms with E-state index in [2.05, 4.69) is 12.2 Å². The van der Waals surface area contributed by atoms with Gasteiger partial charge < -0.3 is 10.4 Å². The number of nitrogens with one attached hydrogen (secondary N) is 1. The number of hydrogen-bond acceptors (Lipinski definition) is 2. The third-order valence-electron chi connectivity index (χ3n) is 3.60. The Hall–Kier alpha value is -0.570. The van der Waals surface area contributed by atoms with Gasteiger partial charge in [-0.05, 0) is 37.1 Å². The summed E-state index contributed by atoms with van der Waals surface area (Å²) in [5.41, 5.74) is 0. The molecule has 0 amide bonds. The normalized spacial score (nSPS) is 28.0. The maximum Gasteiger partial charge on any atom is 0.320 e. The molecule has 0 saturated heterocycles. The summed E-state index contributed by atoms with van der Waals surface area (Å²) in [7, 11) is 0. The van der Waals surface area contributed by atoms with E-state index in [1.807, 2.05) is 13.8 Å². The average Bonchev–Trinajstić information content (AvgIpc) is 2.16. The SMILES string of the molecule is CC1CCCC(CNC(C(=O)O)C(C)C)C1. The summed E-state index contributed by atoms with van der Waals surface area (Å²) < 4.78 is 0. The van der Waals surface area contributed by atoms with Gasteiger partial charge in [0.15, 0.2) is 0 Å². The highest BCUT2D eigenvalue weighted by Gasteiger charge is 2.24. The van der Waals surface area contributed by atoms with Gasteiger partial charge >= 0.3 is 5.97 Å². The first kappa shape index (κ1) is 13.5. The standard InChI is InChI=1S/C13H25NO2/c1-9(2)12(13(15)16)14-8-11-6-4-5-10(3)7-11/h9-12,14H,4-8H2,1-3H3,(H,15,16). The lowest BCUT2D eigenvalue weighted by Gasteiger charge is -2.28. The molecule has 0 radical (unpaired) electrons. The molecule has 1 saturated carbocycles. The van der Waals surface area contributed by atoms with Gasteiger partial charge in [0.2, 0.25) is 0 Å². The van der Waals surface area contributed by atoms with Crippen LogP contribution in [0.5, 0.6) is 0 Å². The molecule has 1 fully saturated rings. The average molecular weight is 227 g/mol. The maximum absolute atomic E-state index is 11.0. The molecule has 3 heteroatoms. The first-order valence-electron chi connectivity index (χ1n) is 6.47. The van der Waals surface area contributed by atoms with Gasteiger partial charge in [-0.1, -0.05) is 33.6 Å². The zero-order chi connectivity index (χ0) is 12.1. The minimum atomic E-state index is -0.723. The van der Waals surface area contributed by atoms with Crippen LogP contribution in [0.2, 0.25) is 0 Å². The van der Waals surface area contributed by atoms with E-state index < -0.39 is 12.0 Å². The molecule has 3 atom stereocenters. The zero-order valence-electron chi connectivity index (χ0n) is 10.7. The van der Waals surface area contributed by atoms with Gasteiger partial charge in [-0.25, -0.2) is 0 Å². The Kier molecular flexibility index (Phi) is 5.26. The summed E-state index contributed by atoms with van der Waals surface area (Å²) in [6.45, 7) is 7.06. The molecular formula is C13H25NO2. The molecule has 16 heavy (non-hydrogen) atoms. The van der Waals surface area contributed by atoms with Crippen molar-refractivity contribution in [2.45, 2.75) is 52.5 Å². The molecule has 1 rings (SSSR count). The molecule has 0 bridgehead atoms. The third-order valence-corrected chi connectivity index (χ3v) is 3.60. The highest BCUT2D eigenvalue weighted by Crippen LogP contribution is 2.28. The third kappa shape index (κ3) is 4.12. The van der Waals surface area contributed by atoms with E-state index in [4.69, 9.17) is 5.11 Å². The predicted octanol–water partition coefficient (Wildman–Crippen LogP) is 2.51. The summed E-state index contributed by atoms with van der Waals surface area (Å²) in [6, 6.07) is -0.391. The molecule has 94 valence electrons. The van der Waals surface area contributed by atoms with E-state index in [-0.39, 0.29) is 5.92 Å². The van der Waals surface area contributed by atoms with E-state index in [0.29, 0.717) is 5.92 Å². The van der Waals surface area contributed by atoms with Crippen molar-refractivity contribution < 1.29 is 9.90 Å². The molecule has 0 aromatic carbocycles. The summed E-state index contributed by atoms with van der Waals surface area (Å²) >= 11 is 0. The first-order chi connectivity index (χ1) is 7.50. The molecule has 3 unspecified atom stereocenters. The van der Waals surface area contributed by atoms with Crippen molar-refractivity contribution in [3.63, 3.8) is 0 Å². The van der Waals surface area contributed by atoms with Crippen molar-refractivity contribution in [2.75, 3.05) is 6.54 Å². The van der Waals surface area contributed by atoms with Crippen LogP contribution in [-0.4, -0.2) is 23.7 Å². The van der Waals surface area contributed by atoms with Crippen LogP contribution < -0.4 is 5.32 Å². The monoisotopic (exact) mass is 227 g/mol. The molecule has 3 nitrogen and oxygen atoms in total. The van der Waals surface area contributed by atoms with Crippen molar-refractivity contribution >= 4 is 5.97 Å². The fraction of sp³-hybridized carbons (Fsp3) is 0.923. The van der Waals surface area contributed by atoms with Crippen molar-refractivity contribution in [2.24, 2.45) is 17.8 Å². The minimum Gasteiger partial charge on any atom is -0.480 e. The van der Waals surface area contributed by atoms with Crippen LogP contribution in [-0.2, 0) is 4.79 Å². The molecule has 0 aromatic heterocycles. The lowest BCUT2D eigenvalue weighted by atomic mass is 9.82. The quantitative estimate of drug-likeness (QED) is 0.758. The van der Waals surface area contributed by atoms with Crippen LogP contribution in [0, 0.1) is 17.8 Å². The van der Waals surface area contributed by atoms with Gasteiger partial charge in [-0.3, -0.25) is 4.79 Å². The molecule has 1 aliphatic carbocycles. The Balaban J connectivity index is 2.34. The Labute approximate surface area is 98.6 Å². The second kappa shape index (κ2) is 6.24. The molecule has 0 spiro atoms. The highest BCUT2D eigenvalue weighted by atomic mass is 16.4. The largest absolute Gasteiger partial charge is 0.480 e. The minimum absolute atomic E-state index is 0.151. The van der Waals surface area contributed by atoms with Crippen LogP contribution in [0.4, 0.5) is 0 Å². The van der Waals surface area contributed by atoms with Gasteiger partial charge in [0.1, 0.15) is 6.04 Å². The van der Waals surface area contributed by atoms with Gasteiger partial charge in [-0.15, -0.1) is 0 Å². The molecule has 0 aliphatic heterocycles. The lowest BCUT2D eigenvalue weighted by molar-refractivity contribution is -0.140. The number of rotatable bonds is 5. The van der Waals surface area contributed by atoms with E-state index in [9.17, 15) is 4.79 Å². The Morgan fingerprint density at radius 1 is 1.44 bits per heavy atom. The zero-order valence-corrected chi connectivity index (χ0v) is 10.7. The Morgan fingerprint density at radius 3 is 2.62 bits per heavy atom. The first-order valence-corrected chi connectivity index (χ1v) is 6.47. The molecule has 2 N–H and O–H groups in total. The smallest absolute Gasteiger partial charge is 0.320 e. The summed E-state index contributed by atoms with van der Waals surface area (Å²) in [5, 5.41) is 12.3. The van der Waals surface area contributed by atoms with E-state index in [0.717, 1.165) is 12.5 Å². The Morgan fingerprint density at radius 2 is 2.12 bits per heavy atom. The van der Waals surface area contributed by atoms with Gasteiger partial charge in [0.05, 0.1) is 0 Å². The van der Waals surface area contributed by atoms with E-state index in [1.165, 1.54) is 25.7 Å².